The SMILES string of the molecule is CCC1CCC(CN)(N(C)CCC(=O)N(C)C)CC1. The molecular weight excluding hydrogens is 238 g/mol. The third-order valence-corrected chi connectivity index (χ3v) is 4.96. The quantitative estimate of drug-likeness (QED) is 0.798. The van der Waals surface area contributed by atoms with Crippen LogP contribution >= 0.6 is 0 Å². The Hall–Kier alpha value is -0.610. The lowest BCUT2D eigenvalue weighted by molar-refractivity contribution is -0.129. The highest BCUT2D eigenvalue weighted by molar-refractivity contribution is 5.75. The minimum Gasteiger partial charge on any atom is -0.349 e. The summed E-state index contributed by atoms with van der Waals surface area (Å²) < 4.78 is 0. The lowest BCUT2D eigenvalue weighted by Crippen LogP contribution is -2.54. The van der Waals surface area contributed by atoms with Gasteiger partial charge in [0.2, 0.25) is 5.91 Å². The Balaban J connectivity index is 2.52. The summed E-state index contributed by atoms with van der Waals surface area (Å²) in [5, 5.41) is 0. The molecule has 0 atom stereocenters. The average Bonchev–Trinajstić information content (AvgIpc) is 2.44. The average molecular weight is 269 g/mol. The van der Waals surface area contributed by atoms with Crippen LogP contribution in [-0.2, 0) is 4.79 Å². The second-order valence-corrected chi connectivity index (χ2v) is 6.24. The zero-order valence-electron chi connectivity index (χ0n) is 13.1. The number of hydrogen-bond acceptors (Lipinski definition) is 3. The summed E-state index contributed by atoms with van der Waals surface area (Å²) in [6, 6.07) is 0. The van der Waals surface area contributed by atoms with E-state index in [2.05, 4.69) is 18.9 Å². The monoisotopic (exact) mass is 269 g/mol. The molecule has 0 aromatic rings. The molecule has 1 aliphatic rings. The summed E-state index contributed by atoms with van der Waals surface area (Å²) in [4.78, 5) is 15.7. The van der Waals surface area contributed by atoms with Crippen molar-refractivity contribution in [1.82, 2.24) is 9.80 Å². The van der Waals surface area contributed by atoms with Crippen molar-refractivity contribution in [2.24, 2.45) is 11.7 Å². The third-order valence-electron chi connectivity index (χ3n) is 4.96. The molecule has 0 saturated heterocycles. The van der Waals surface area contributed by atoms with E-state index in [4.69, 9.17) is 5.73 Å². The number of rotatable bonds is 6. The predicted octanol–water partition coefficient (Wildman–Crippen LogP) is 1.69. The fraction of sp³-hybridized carbons (Fsp3) is 0.933. The molecule has 0 spiro atoms. The maximum absolute atomic E-state index is 11.7. The lowest BCUT2D eigenvalue weighted by atomic mass is 9.74. The molecule has 1 rings (SSSR count). The molecule has 0 aromatic carbocycles. The van der Waals surface area contributed by atoms with Gasteiger partial charge in [-0.05, 0) is 38.6 Å². The fourth-order valence-electron chi connectivity index (χ4n) is 3.09. The van der Waals surface area contributed by atoms with Crippen molar-refractivity contribution in [3.8, 4) is 0 Å². The molecular formula is C15H31N3O. The molecule has 1 amide bonds. The zero-order valence-corrected chi connectivity index (χ0v) is 13.1. The van der Waals surface area contributed by atoms with Gasteiger partial charge < -0.3 is 10.6 Å². The van der Waals surface area contributed by atoms with Crippen LogP contribution in [0.3, 0.4) is 0 Å². The van der Waals surface area contributed by atoms with Crippen molar-refractivity contribution >= 4 is 5.91 Å². The first-order valence-electron chi connectivity index (χ1n) is 7.56. The van der Waals surface area contributed by atoms with Crippen molar-refractivity contribution in [2.45, 2.75) is 51.0 Å². The van der Waals surface area contributed by atoms with Gasteiger partial charge in [0.1, 0.15) is 0 Å². The second kappa shape index (κ2) is 7.25. The van der Waals surface area contributed by atoms with Gasteiger partial charge in [-0.2, -0.15) is 0 Å². The van der Waals surface area contributed by atoms with Crippen molar-refractivity contribution in [3.05, 3.63) is 0 Å². The van der Waals surface area contributed by atoms with Crippen LogP contribution in [0, 0.1) is 5.92 Å². The molecule has 0 aromatic heterocycles. The van der Waals surface area contributed by atoms with Crippen LogP contribution in [0.2, 0.25) is 0 Å². The van der Waals surface area contributed by atoms with Crippen LogP contribution in [0.15, 0.2) is 0 Å². The first-order valence-corrected chi connectivity index (χ1v) is 7.56. The van der Waals surface area contributed by atoms with E-state index in [-0.39, 0.29) is 11.4 Å². The molecule has 0 bridgehead atoms. The number of hydrogen-bond donors (Lipinski definition) is 1. The molecule has 19 heavy (non-hydrogen) atoms. The summed E-state index contributed by atoms with van der Waals surface area (Å²) in [5.41, 5.74) is 6.18. The van der Waals surface area contributed by atoms with Gasteiger partial charge in [-0.3, -0.25) is 9.69 Å². The highest BCUT2D eigenvalue weighted by Gasteiger charge is 2.37. The Labute approximate surface area is 118 Å². The molecule has 4 nitrogen and oxygen atoms in total. The molecule has 0 heterocycles. The number of likely N-dealkylation sites (N-methyl/N-ethyl adjacent to an activating group) is 1. The highest BCUT2D eigenvalue weighted by Crippen LogP contribution is 2.36. The zero-order chi connectivity index (χ0) is 14.5. The van der Waals surface area contributed by atoms with Crippen molar-refractivity contribution in [3.63, 3.8) is 0 Å². The van der Waals surface area contributed by atoms with Crippen molar-refractivity contribution in [2.75, 3.05) is 34.2 Å². The molecule has 0 unspecified atom stereocenters. The van der Waals surface area contributed by atoms with Gasteiger partial charge in [-0.15, -0.1) is 0 Å². The fourth-order valence-corrected chi connectivity index (χ4v) is 3.09. The van der Waals surface area contributed by atoms with Gasteiger partial charge in [-0.25, -0.2) is 0 Å². The van der Waals surface area contributed by atoms with E-state index in [0.717, 1.165) is 12.5 Å². The van der Waals surface area contributed by atoms with Gasteiger partial charge in [0.25, 0.3) is 0 Å². The Morgan fingerprint density at radius 2 is 1.84 bits per heavy atom. The minimum atomic E-state index is 0.123. The number of carbonyl (C=O) groups excluding carboxylic acids is 1. The van der Waals surface area contributed by atoms with Gasteiger partial charge in [0.15, 0.2) is 0 Å². The second-order valence-electron chi connectivity index (χ2n) is 6.24. The summed E-state index contributed by atoms with van der Waals surface area (Å²) in [5.74, 6) is 1.07. The first-order chi connectivity index (χ1) is 8.95. The summed E-state index contributed by atoms with van der Waals surface area (Å²) in [6.07, 6.45) is 6.77. The largest absolute Gasteiger partial charge is 0.349 e. The first kappa shape index (κ1) is 16.4. The van der Waals surface area contributed by atoms with E-state index < -0.39 is 0 Å². The Morgan fingerprint density at radius 3 is 2.26 bits per heavy atom. The van der Waals surface area contributed by atoms with Gasteiger partial charge >= 0.3 is 0 Å². The Morgan fingerprint density at radius 1 is 1.26 bits per heavy atom. The highest BCUT2D eigenvalue weighted by atomic mass is 16.2. The van der Waals surface area contributed by atoms with E-state index in [0.29, 0.717) is 13.0 Å². The summed E-state index contributed by atoms with van der Waals surface area (Å²) in [7, 11) is 5.75. The van der Waals surface area contributed by atoms with Crippen LogP contribution < -0.4 is 5.73 Å². The van der Waals surface area contributed by atoms with E-state index in [1.807, 2.05) is 14.1 Å². The van der Waals surface area contributed by atoms with Gasteiger partial charge in [0.05, 0.1) is 0 Å². The van der Waals surface area contributed by atoms with Gasteiger partial charge in [0, 0.05) is 39.1 Å². The third kappa shape index (κ3) is 4.18. The standard InChI is InChI=1S/C15H31N3O/c1-5-13-6-9-15(12-16,10-7-13)18(4)11-8-14(19)17(2)3/h13H,5-12,16H2,1-4H3. The smallest absolute Gasteiger partial charge is 0.223 e. The maximum atomic E-state index is 11.7. The summed E-state index contributed by atoms with van der Waals surface area (Å²) >= 11 is 0. The number of amides is 1. The molecule has 4 heteroatoms. The number of nitrogens with two attached hydrogens (primary N) is 1. The van der Waals surface area contributed by atoms with Crippen LogP contribution in [-0.4, -0.2) is 55.5 Å². The maximum Gasteiger partial charge on any atom is 0.223 e. The molecule has 1 saturated carbocycles. The van der Waals surface area contributed by atoms with Gasteiger partial charge in [-0.1, -0.05) is 13.3 Å². The van der Waals surface area contributed by atoms with Crippen molar-refractivity contribution in [1.29, 1.82) is 0 Å². The Kier molecular flexibility index (Phi) is 6.27. The van der Waals surface area contributed by atoms with Crippen LogP contribution in [0.4, 0.5) is 0 Å². The van der Waals surface area contributed by atoms with E-state index in [1.54, 1.807) is 4.90 Å². The van der Waals surface area contributed by atoms with Crippen LogP contribution in [0.5, 0.6) is 0 Å². The minimum absolute atomic E-state index is 0.123. The number of carbonyl (C=O) groups is 1. The van der Waals surface area contributed by atoms with Crippen LogP contribution in [0.1, 0.15) is 45.4 Å². The molecule has 112 valence electrons. The molecule has 0 aliphatic heterocycles. The lowest BCUT2D eigenvalue weighted by Gasteiger charge is -2.46. The van der Waals surface area contributed by atoms with Crippen LogP contribution in [0.25, 0.3) is 0 Å². The molecule has 1 fully saturated rings. The normalized spacial score (nSPS) is 27.6. The molecule has 2 N–H and O–H groups in total. The molecule has 1 aliphatic carbocycles. The number of nitrogens with zero attached hydrogens (tertiary/aromatic N) is 2. The molecule has 0 radical (unpaired) electrons. The van der Waals surface area contributed by atoms with E-state index >= 15 is 0 Å². The summed E-state index contributed by atoms with van der Waals surface area (Å²) in [6.45, 7) is 3.79. The van der Waals surface area contributed by atoms with Crippen molar-refractivity contribution < 1.29 is 4.79 Å². The topological polar surface area (TPSA) is 49.6 Å². The Bertz CT molecular complexity index is 283. The van der Waals surface area contributed by atoms with E-state index in [9.17, 15) is 4.79 Å². The van der Waals surface area contributed by atoms with E-state index in [1.165, 1.54) is 32.1 Å². The predicted molar refractivity (Wildman–Crippen MR) is 80.0 cm³/mol.